The molecule has 1 aliphatic rings. The molecule has 0 aliphatic carbocycles. The molecule has 120 valence electrons. The van der Waals surface area contributed by atoms with Crippen LogP contribution in [0.15, 0.2) is 52.6 Å². The van der Waals surface area contributed by atoms with Crippen LogP contribution in [0.5, 0.6) is 11.6 Å². The number of ether oxygens (including phenoxy) is 1. The Labute approximate surface area is 138 Å². The minimum absolute atomic E-state index is 0.0358. The van der Waals surface area contributed by atoms with Crippen molar-refractivity contribution in [2.45, 2.75) is 0 Å². The van der Waals surface area contributed by atoms with E-state index in [0.29, 0.717) is 22.7 Å². The lowest BCUT2D eigenvalue weighted by molar-refractivity contribution is 0.214. The van der Waals surface area contributed by atoms with Crippen LogP contribution >= 0.6 is 0 Å². The summed E-state index contributed by atoms with van der Waals surface area (Å²) in [6.07, 6.45) is 0. The zero-order valence-electron chi connectivity index (χ0n) is 13.2. The third-order valence-corrected chi connectivity index (χ3v) is 4.02. The number of nitrogens with zero attached hydrogens (tertiary/aromatic N) is 2. The zero-order chi connectivity index (χ0) is 16.7. The largest absolute Gasteiger partial charge is 0.497 e. The van der Waals surface area contributed by atoms with Crippen LogP contribution in [0.2, 0.25) is 0 Å². The molecule has 0 unspecified atom stereocenters. The monoisotopic (exact) mass is 321 g/mol. The number of oxime groups is 1. The van der Waals surface area contributed by atoms with Gasteiger partial charge in [0.15, 0.2) is 5.88 Å². The second-order valence-corrected chi connectivity index (χ2v) is 5.36. The summed E-state index contributed by atoms with van der Waals surface area (Å²) < 4.78 is 5.30. The van der Waals surface area contributed by atoms with Gasteiger partial charge >= 0.3 is 0 Å². The number of hydrogen-bond donors (Lipinski definition) is 2. The fourth-order valence-corrected chi connectivity index (χ4v) is 2.95. The molecule has 3 aromatic rings. The minimum Gasteiger partial charge on any atom is -0.497 e. The van der Waals surface area contributed by atoms with E-state index in [4.69, 9.17) is 9.57 Å². The van der Waals surface area contributed by atoms with E-state index in [1.165, 1.54) is 7.11 Å². The molecule has 0 bridgehead atoms. The van der Waals surface area contributed by atoms with Gasteiger partial charge in [0.25, 0.3) is 0 Å². The van der Waals surface area contributed by atoms with Crippen LogP contribution in [0.1, 0.15) is 11.1 Å². The normalized spacial score (nSPS) is 14.8. The van der Waals surface area contributed by atoms with Crippen molar-refractivity contribution in [2.75, 3.05) is 14.2 Å². The summed E-state index contributed by atoms with van der Waals surface area (Å²) in [5.74, 6) is 0.734. The fraction of sp³-hybridized carbons (Fsp3) is 0.111. The Kier molecular flexibility index (Phi) is 3.23. The summed E-state index contributed by atoms with van der Waals surface area (Å²) in [4.78, 5) is 12.6. The fourth-order valence-electron chi connectivity index (χ4n) is 2.95. The lowest BCUT2D eigenvalue weighted by atomic mass is 10.0. The molecule has 4 rings (SSSR count). The number of hydrogen-bond acceptors (Lipinski definition) is 5. The van der Waals surface area contributed by atoms with Gasteiger partial charge in [0.05, 0.1) is 18.4 Å². The van der Waals surface area contributed by atoms with Gasteiger partial charge in [-0.2, -0.15) is 0 Å². The van der Waals surface area contributed by atoms with E-state index in [1.807, 2.05) is 42.5 Å². The quantitative estimate of drug-likeness (QED) is 0.726. The molecule has 0 amide bonds. The van der Waals surface area contributed by atoms with Crippen LogP contribution in [0.25, 0.3) is 10.9 Å². The maximum atomic E-state index is 10.5. The summed E-state index contributed by atoms with van der Waals surface area (Å²) in [7, 11) is 3.10. The second-order valence-electron chi connectivity index (χ2n) is 5.36. The zero-order valence-corrected chi connectivity index (χ0v) is 13.2. The van der Waals surface area contributed by atoms with E-state index in [2.05, 4.69) is 15.1 Å². The Balaban J connectivity index is 1.98. The first-order valence-electron chi connectivity index (χ1n) is 7.41. The number of aromatic hydroxyl groups is 1. The van der Waals surface area contributed by atoms with Crippen LogP contribution < -0.4 is 4.74 Å². The van der Waals surface area contributed by atoms with Crippen LogP contribution in [0, 0.1) is 0 Å². The molecule has 0 saturated heterocycles. The van der Waals surface area contributed by atoms with Crippen molar-refractivity contribution >= 4 is 28.0 Å². The van der Waals surface area contributed by atoms with Gasteiger partial charge < -0.3 is 19.7 Å². The van der Waals surface area contributed by atoms with Crippen molar-refractivity contribution in [1.29, 1.82) is 0 Å². The Morgan fingerprint density at radius 2 is 1.96 bits per heavy atom. The highest BCUT2D eigenvalue weighted by Gasteiger charge is 2.29. The SMILES string of the molecule is CON=C1C(c2c(O)[nH]c3ccc(OC)cc23)=Nc2ccccc21. The average Bonchev–Trinajstić information content (AvgIpc) is 3.11. The molecular formula is C18H15N3O3. The van der Waals surface area contributed by atoms with E-state index in [9.17, 15) is 5.11 Å². The standard InChI is InChI=1S/C18H15N3O3/c1-23-10-7-8-14-12(9-10)15(18(22)20-14)17-16(21-24-2)11-5-3-4-6-13(11)19-17/h3-9,20,22H,1-2H3. The van der Waals surface area contributed by atoms with Gasteiger partial charge in [0, 0.05) is 16.5 Å². The number of fused-ring (bicyclic) bond motifs is 2. The van der Waals surface area contributed by atoms with Crippen molar-refractivity contribution in [1.82, 2.24) is 4.98 Å². The van der Waals surface area contributed by atoms with E-state index in [1.54, 1.807) is 7.11 Å². The van der Waals surface area contributed by atoms with Crippen LogP contribution in [0.3, 0.4) is 0 Å². The second kappa shape index (κ2) is 5.42. The number of aromatic amines is 1. The molecule has 2 heterocycles. The Morgan fingerprint density at radius 3 is 2.75 bits per heavy atom. The number of H-pyrrole nitrogens is 1. The lowest BCUT2D eigenvalue weighted by Gasteiger charge is -2.04. The van der Waals surface area contributed by atoms with Gasteiger partial charge in [-0.25, -0.2) is 4.99 Å². The summed E-state index contributed by atoms with van der Waals surface area (Å²) in [6, 6.07) is 13.2. The molecule has 0 spiro atoms. The summed E-state index contributed by atoms with van der Waals surface area (Å²) in [5.41, 5.74) is 4.18. The van der Waals surface area contributed by atoms with Gasteiger partial charge in [-0.1, -0.05) is 23.4 Å². The molecule has 0 radical (unpaired) electrons. The Bertz CT molecular complexity index is 1000. The van der Waals surface area contributed by atoms with Crippen LogP contribution in [-0.2, 0) is 4.84 Å². The van der Waals surface area contributed by atoms with Crippen LogP contribution in [-0.4, -0.2) is 35.7 Å². The Morgan fingerprint density at radius 1 is 1.12 bits per heavy atom. The molecule has 1 aliphatic heterocycles. The molecular weight excluding hydrogens is 306 g/mol. The first kappa shape index (κ1) is 14.3. The predicted octanol–water partition coefficient (Wildman–Crippen LogP) is 3.37. The molecule has 0 fully saturated rings. The van der Waals surface area contributed by atoms with Gasteiger partial charge in [-0.05, 0) is 24.3 Å². The first-order valence-corrected chi connectivity index (χ1v) is 7.41. The molecule has 0 saturated carbocycles. The molecule has 6 nitrogen and oxygen atoms in total. The van der Waals surface area contributed by atoms with Gasteiger partial charge in [-0.3, -0.25) is 0 Å². The summed E-state index contributed by atoms with van der Waals surface area (Å²) >= 11 is 0. The minimum atomic E-state index is 0.0358. The third kappa shape index (κ3) is 2.04. The number of aliphatic imine (C=N–C) groups is 1. The van der Waals surface area contributed by atoms with E-state index in [-0.39, 0.29) is 5.88 Å². The first-order chi connectivity index (χ1) is 11.7. The van der Waals surface area contributed by atoms with Crippen molar-refractivity contribution in [3.05, 3.63) is 53.6 Å². The maximum absolute atomic E-state index is 10.5. The van der Waals surface area contributed by atoms with Gasteiger partial charge in [0.1, 0.15) is 24.3 Å². The number of para-hydroxylation sites is 1. The predicted molar refractivity (Wildman–Crippen MR) is 92.7 cm³/mol. The van der Waals surface area contributed by atoms with E-state index >= 15 is 0 Å². The number of rotatable bonds is 3. The molecule has 0 atom stereocenters. The smallest absolute Gasteiger partial charge is 0.199 e. The summed E-state index contributed by atoms with van der Waals surface area (Å²) in [6.45, 7) is 0. The average molecular weight is 321 g/mol. The number of nitrogens with one attached hydrogen (secondary N) is 1. The highest BCUT2D eigenvalue weighted by atomic mass is 16.6. The van der Waals surface area contributed by atoms with Crippen molar-refractivity contribution < 1.29 is 14.7 Å². The van der Waals surface area contributed by atoms with Crippen LogP contribution in [0.4, 0.5) is 5.69 Å². The molecule has 6 heteroatoms. The molecule has 2 N–H and O–H groups in total. The van der Waals surface area contributed by atoms with Gasteiger partial charge in [-0.15, -0.1) is 0 Å². The molecule has 1 aromatic heterocycles. The topological polar surface area (TPSA) is 79.2 Å². The number of aromatic nitrogens is 1. The highest BCUT2D eigenvalue weighted by molar-refractivity contribution is 6.58. The highest BCUT2D eigenvalue weighted by Crippen LogP contribution is 2.36. The van der Waals surface area contributed by atoms with Crippen molar-refractivity contribution in [3.63, 3.8) is 0 Å². The summed E-state index contributed by atoms with van der Waals surface area (Å²) in [5, 5.41) is 15.4. The van der Waals surface area contributed by atoms with Gasteiger partial charge in [0.2, 0.25) is 0 Å². The number of methoxy groups -OCH3 is 1. The number of benzene rings is 2. The van der Waals surface area contributed by atoms with E-state index < -0.39 is 0 Å². The molecule has 24 heavy (non-hydrogen) atoms. The third-order valence-electron chi connectivity index (χ3n) is 4.02. The van der Waals surface area contributed by atoms with Crippen molar-refractivity contribution in [2.24, 2.45) is 10.1 Å². The van der Waals surface area contributed by atoms with E-state index in [0.717, 1.165) is 22.2 Å². The Hall–Kier alpha value is -3.28. The molecule has 2 aromatic carbocycles. The lowest BCUT2D eigenvalue weighted by Crippen LogP contribution is -2.13. The maximum Gasteiger partial charge on any atom is 0.199 e. The van der Waals surface area contributed by atoms with Crippen molar-refractivity contribution in [3.8, 4) is 11.6 Å².